The van der Waals surface area contributed by atoms with E-state index >= 15 is 0 Å². The first kappa shape index (κ1) is 33.6. The summed E-state index contributed by atoms with van der Waals surface area (Å²) in [6, 6.07) is 6.13. The zero-order valence-corrected chi connectivity index (χ0v) is 27.4. The predicted molar refractivity (Wildman–Crippen MR) is 171 cm³/mol. The molecule has 0 spiro atoms. The van der Waals surface area contributed by atoms with Gasteiger partial charge in [0, 0.05) is 40.4 Å². The zero-order valence-electron chi connectivity index (χ0n) is 26.6. The van der Waals surface area contributed by atoms with Crippen LogP contribution in [0.25, 0.3) is 0 Å². The molecule has 1 saturated heterocycles. The number of carbonyl (C=O) groups is 2. The van der Waals surface area contributed by atoms with E-state index in [1.54, 1.807) is 42.2 Å². The molecule has 1 aliphatic heterocycles. The van der Waals surface area contributed by atoms with Crippen LogP contribution >= 0.6 is 0 Å². The van der Waals surface area contributed by atoms with Crippen molar-refractivity contribution in [3.63, 3.8) is 0 Å². The average Bonchev–Trinajstić information content (AvgIpc) is 3.40. The summed E-state index contributed by atoms with van der Waals surface area (Å²) in [6.07, 6.45) is 7.14. The third-order valence-electron chi connectivity index (χ3n) is 8.60. The molecule has 2 aromatic rings. The van der Waals surface area contributed by atoms with Crippen molar-refractivity contribution >= 4 is 23.2 Å². The lowest BCUT2D eigenvalue weighted by molar-refractivity contribution is -0.135. The number of allylic oxidation sites excluding steroid dienone is 3. The number of hydrogen-bond donors (Lipinski definition) is 3. The molecule has 9 nitrogen and oxygen atoms in total. The minimum absolute atomic E-state index is 0.231. The fourth-order valence-corrected chi connectivity index (χ4v) is 6.97. The Hall–Kier alpha value is -3.28. The van der Waals surface area contributed by atoms with E-state index in [-0.39, 0.29) is 42.0 Å². The number of amides is 2. The van der Waals surface area contributed by atoms with E-state index in [1.807, 2.05) is 47.6 Å². The highest BCUT2D eigenvalue weighted by molar-refractivity contribution is 7.90. The number of nitrogens with one attached hydrogen (secondary N) is 3. The first-order valence-electron chi connectivity index (χ1n) is 15.1. The zero-order chi connectivity index (χ0) is 32.4. The molecule has 5 atom stereocenters. The van der Waals surface area contributed by atoms with Crippen molar-refractivity contribution in [2.75, 3.05) is 6.54 Å². The summed E-state index contributed by atoms with van der Waals surface area (Å²) >= 11 is -1.34. The molecular formula is C33H44FN5O4S. The number of rotatable bonds is 9. The Balaban J connectivity index is 1.50. The molecule has 1 fully saturated rings. The minimum atomic E-state index is -1.34. The lowest BCUT2D eigenvalue weighted by Crippen LogP contribution is -2.57. The number of H-pyrrole nitrogens is 1. The van der Waals surface area contributed by atoms with Gasteiger partial charge < -0.3 is 14.8 Å². The number of carbonyl (C=O) groups excluding carboxylic acids is 2. The molecular weight excluding hydrogens is 581 g/mol. The van der Waals surface area contributed by atoms with Crippen LogP contribution in [0.4, 0.5) is 4.39 Å². The van der Waals surface area contributed by atoms with E-state index < -0.39 is 27.4 Å². The second kappa shape index (κ2) is 13.4. The molecule has 1 aromatic heterocycles. The van der Waals surface area contributed by atoms with Gasteiger partial charge in [0.15, 0.2) is 0 Å². The van der Waals surface area contributed by atoms with E-state index in [0.29, 0.717) is 42.5 Å². The molecule has 238 valence electrons. The summed E-state index contributed by atoms with van der Waals surface area (Å²) in [7, 11) is 0. The molecule has 44 heavy (non-hydrogen) atoms. The minimum Gasteiger partial charge on any atom is -0.598 e. The second-order valence-electron chi connectivity index (χ2n) is 13.3. The summed E-state index contributed by atoms with van der Waals surface area (Å²) in [5.41, 5.74) is 2.58. The van der Waals surface area contributed by atoms with Crippen LogP contribution in [0.3, 0.4) is 0 Å². The molecule has 11 heteroatoms. The van der Waals surface area contributed by atoms with E-state index in [4.69, 9.17) is 0 Å². The SMILES string of the molecule is Cc1cc(Cc2ccc(C(=O)NCC(=O)N3[C@@H]([C@H](C)N[S@@+]([O-])C(C)(C)C)CC[C@H]3C3(C)C=C(F)C=CC3)cc2C)c(=O)[nH]n1. The molecule has 4 rings (SSSR count). The summed E-state index contributed by atoms with van der Waals surface area (Å²) in [5.74, 6) is -0.993. The highest BCUT2D eigenvalue weighted by atomic mass is 32.2. The number of aromatic amines is 1. The van der Waals surface area contributed by atoms with Gasteiger partial charge >= 0.3 is 0 Å². The maximum atomic E-state index is 14.4. The predicted octanol–water partition coefficient (Wildman–Crippen LogP) is 4.33. The molecule has 1 aliphatic carbocycles. The maximum absolute atomic E-state index is 14.4. The molecule has 1 aromatic carbocycles. The second-order valence-corrected chi connectivity index (χ2v) is 15.3. The smallest absolute Gasteiger partial charge is 0.267 e. The van der Waals surface area contributed by atoms with E-state index in [0.717, 1.165) is 11.1 Å². The fourth-order valence-electron chi connectivity index (χ4n) is 6.12. The van der Waals surface area contributed by atoms with Gasteiger partial charge in [0.1, 0.15) is 10.6 Å². The first-order valence-corrected chi connectivity index (χ1v) is 16.2. The van der Waals surface area contributed by atoms with E-state index in [9.17, 15) is 23.3 Å². The summed E-state index contributed by atoms with van der Waals surface area (Å²) in [4.78, 5) is 41.0. The van der Waals surface area contributed by atoms with Crippen LogP contribution in [0.5, 0.6) is 0 Å². The van der Waals surface area contributed by atoms with Crippen LogP contribution in [0.2, 0.25) is 0 Å². The van der Waals surface area contributed by atoms with Crippen LogP contribution in [0.15, 0.2) is 53.1 Å². The number of nitrogens with zero attached hydrogens (tertiary/aromatic N) is 2. The Morgan fingerprint density at radius 3 is 2.61 bits per heavy atom. The van der Waals surface area contributed by atoms with Crippen LogP contribution in [-0.2, 0) is 22.6 Å². The van der Waals surface area contributed by atoms with Crippen molar-refractivity contribution in [2.45, 2.75) is 97.0 Å². The van der Waals surface area contributed by atoms with Gasteiger partial charge in [0.25, 0.3) is 11.5 Å². The number of aryl methyl sites for hydroxylation is 2. The Morgan fingerprint density at radius 1 is 1.23 bits per heavy atom. The standard InChI is InChI=1S/C33H44FN5O4S/c1-20-15-24(11-10-23(20)17-25-16-21(2)36-37-31(25)42)30(41)35-19-29(40)39-27(22(3)38-44(43)32(4,5)6)12-13-28(39)33(7)14-8-9-26(34)18-33/h8-11,15-16,18,22,27-28,38H,12-14,17,19H2,1-7H3,(H,35,41)(H,37,42)/t22-,27+,28-,33?,44-/m0/s1. The van der Waals surface area contributed by atoms with Crippen molar-refractivity contribution in [1.29, 1.82) is 0 Å². The molecule has 0 bridgehead atoms. The molecule has 2 heterocycles. The summed E-state index contributed by atoms with van der Waals surface area (Å²) < 4.78 is 30.0. The monoisotopic (exact) mass is 625 g/mol. The van der Waals surface area contributed by atoms with Gasteiger partial charge in [-0.3, -0.25) is 14.4 Å². The highest BCUT2D eigenvalue weighted by Gasteiger charge is 2.48. The van der Waals surface area contributed by atoms with Gasteiger partial charge in [-0.1, -0.05) is 19.1 Å². The fraction of sp³-hybridized carbons (Fsp3) is 0.515. The van der Waals surface area contributed by atoms with Crippen LogP contribution in [0, 0.1) is 19.3 Å². The van der Waals surface area contributed by atoms with Gasteiger partial charge in [-0.2, -0.15) is 5.10 Å². The normalized spacial score (nSPS) is 23.3. The third kappa shape index (κ3) is 7.68. The van der Waals surface area contributed by atoms with Crippen molar-refractivity contribution < 1.29 is 18.5 Å². The van der Waals surface area contributed by atoms with Crippen molar-refractivity contribution in [3.05, 3.63) is 86.6 Å². The first-order chi connectivity index (χ1) is 20.6. The Labute approximate surface area is 262 Å². The quantitative estimate of drug-likeness (QED) is 0.356. The summed E-state index contributed by atoms with van der Waals surface area (Å²) in [6.45, 7) is 13.0. The number of hydrogen-bond acceptors (Lipinski definition) is 6. The molecule has 2 aliphatic rings. The lowest BCUT2D eigenvalue weighted by atomic mass is 9.75. The molecule has 1 unspecified atom stereocenters. The Kier molecular flexibility index (Phi) is 10.2. The lowest BCUT2D eigenvalue weighted by Gasteiger charge is -2.42. The van der Waals surface area contributed by atoms with Crippen LogP contribution < -0.4 is 15.6 Å². The average molecular weight is 626 g/mol. The van der Waals surface area contributed by atoms with Gasteiger partial charge in [0.05, 0.1) is 24.3 Å². The molecule has 2 amide bonds. The van der Waals surface area contributed by atoms with Crippen LogP contribution in [-0.4, -0.2) is 60.9 Å². The summed E-state index contributed by atoms with van der Waals surface area (Å²) in [5, 5.41) is 9.19. The van der Waals surface area contributed by atoms with Crippen molar-refractivity contribution in [1.82, 2.24) is 25.1 Å². The number of aromatic nitrogens is 2. The molecule has 3 N–H and O–H groups in total. The number of likely N-dealkylation sites (tertiary alicyclic amines) is 1. The Morgan fingerprint density at radius 2 is 1.95 bits per heavy atom. The van der Waals surface area contributed by atoms with Crippen molar-refractivity contribution in [2.24, 2.45) is 5.41 Å². The topological polar surface area (TPSA) is 130 Å². The Bertz CT molecular complexity index is 1520. The number of benzene rings is 1. The highest BCUT2D eigenvalue weighted by Crippen LogP contribution is 2.43. The maximum Gasteiger partial charge on any atom is 0.267 e. The number of halogens is 1. The van der Waals surface area contributed by atoms with Gasteiger partial charge in [-0.15, -0.1) is 4.72 Å². The van der Waals surface area contributed by atoms with E-state index in [1.165, 1.54) is 6.08 Å². The van der Waals surface area contributed by atoms with Gasteiger partial charge in [-0.05, 0) is 102 Å². The van der Waals surface area contributed by atoms with Gasteiger partial charge in [-0.25, -0.2) is 9.49 Å². The van der Waals surface area contributed by atoms with Crippen LogP contribution in [0.1, 0.15) is 86.6 Å². The van der Waals surface area contributed by atoms with Gasteiger partial charge in [0.2, 0.25) is 5.91 Å². The molecule has 0 radical (unpaired) electrons. The van der Waals surface area contributed by atoms with E-state index in [2.05, 4.69) is 20.2 Å². The van der Waals surface area contributed by atoms with Crippen molar-refractivity contribution in [3.8, 4) is 0 Å². The third-order valence-corrected chi connectivity index (χ3v) is 10.3. The largest absolute Gasteiger partial charge is 0.598 e. The molecule has 0 saturated carbocycles.